The van der Waals surface area contributed by atoms with Crippen molar-refractivity contribution in [2.24, 2.45) is 0 Å². The molecule has 2 amide bonds. The molecule has 8 nitrogen and oxygen atoms in total. The fourth-order valence-electron chi connectivity index (χ4n) is 3.23. The summed E-state index contributed by atoms with van der Waals surface area (Å²) in [5.41, 5.74) is 2.11. The predicted molar refractivity (Wildman–Crippen MR) is 120 cm³/mol. The summed E-state index contributed by atoms with van der Waals surface area (Å²) in [5.74, 6) is -0.525. The molecule has 168 valence electrons. The van der Waals surface area contributed by atoms with Gasteiger partial charge in [-0.2, -0.15) is 0 Å². The molecule has 0 unspecified atom stereocenters. The van der Waals surface area contributed by atoms with E-state index in [9.17, 15) is 18.0 Å². The molecule has 31 heavy (non-hydrogen) atoms. The molecule has 9 heteroatoms. The van der Waals surface area contributed by atoms with Crippen molar-refractivity contribution in [3.05, 3.63) is 59.7 Å². The number of aryl methyl sites for hydroxylation is 1. The summed E-state index contributed by atoms with van der Waals surface area (Å²) in [4.78, 5) is 27.0. The molecular weight excluding hydrogens is 418 g/mol. The third-order valence-electron chi connectivity index (χ3n) is 4.88. The van der Waals surface area contributed by atoms with Crippen LogP contribution in [0.15, 0.2) is 48.5 Å². The highest BCUT2D eigenvalue weighted by Gasteiger charge is 2.30. The molecule has 1 N–H and O–H groups in total. The summed E-state index contributed by atoms with van der Waals surface area (Å²) in [7, 11) is -0.884. The standard InChI is InChI=1S/C22H29N3O5S/c1-16-9-8-10-18(13-16)14-24(17(2)22(27)23-3)21(26)15-25(31(5,28)29)19-11-6-7-12-20(19)30-4/h6-13,17H,14-15H2,1-5H3,(H,23,27)/t17-/m1/s1. The number of hydrogen-bond donors (Lipinski definition) is 1. The Hall–Kier alpha value is -3.07. The number of nitrogens with one attached hydrogen (secondary N) is 1. The Morgan fingerprint density at radius 3 is 2.39 bits per heavy atom. The molecule has 0 aromatic heterocycles. The van der Waals surface area contributed by atoms with Crippen LogP contribution in [0, 0.1) is 6.92 Å². The van der Waals surface area contributed by atoms with Gasteiger partial charge in [-0.25, -0.2) is 8.42 Å². The lowest BCUT2D eigenvalue weighted by Gasteiger charge is -2.31. The van der Waals surface area contributed by atoms with Crippen LogP contribution in [0.1, 0.15) is 18.1 Å². The minimum absolute atomic E-state index is 0.165. The lowest BCUT2D eigenvalue weighted by Crippen LogP contribution is -2.50. The summed E-state index contributed by atoms with van der Waals surface area (Å²) >= 11 is 0. The molecular formula is C22H29N3O5S. The van der Waals surface area contributed by atoms with Crippen molar-refractivity contribution >= 4 is 27.5 Å². The minimum atomic E-state index is -3.80. The minimum Gasteiger partial charge on any atom is -0.495 e. The molecule has 2 aromatic rings. The van der Waals surface area contributed by atoms with E-state index in [1.165, 1.54) is 19.1 Å². The van der Waals surface area contributed by atoms with Gasteiger partial charge < -0.3 is 15.0 Å². The number of methoxy groups -OCH3 is 1. The quantitative estimate of drug-likeness (QED) is 0.634. The van der Waals surface area contributed by atoms with E-state index in [1.807, 2.05) is 31.2 Å². The van der Waals surface area contributed by atoms with E-state index in [0.717, 1.165) is 21.7 Å². The zero-order valence-electron chi connectivity index (χ0n) is 18.5. The molecule has 0 saturated heterocycles. The smallest absolute Gasteiger partial charge is 0.244 e. The van der Waals surface area contributed by atoms with E-state index in [-0.39, 0.29) is 18.1 Å². The Balaban J connectivity index is 2.42. The zero-order valence-corrected chi connectivity index (χ0v) is 19.3. The monoisotopic (exact) mass is 447 g/mol. The number of rotatable bonds is 9. The van der Waals surface area contributed by atoms with Crippen LogP contribution in [-0.2, 0) is 26.2 Å². The van der Waals surface area contributed by atoms with Crippen LogP contribution < -0.4 is 14.4 Å². The van der Waals surface area contributed by atoms with Crippen LogP contribution in [0.2, 0.25) is 0 Å². The van der Waals surface area contributed by atoms with Crippen molar-refractivity contribution in [1.29, 1.82) is 0 Å². The van der Waals surface area contributed by atoms with Gasteiger partial charge in [-0.1, -0.05) is 42.0 Å². The molecule has 0 spiro atoms. The fourth-order valence-corrected chi connectivity index (χ4v) is 4.08. The maximum absolute atomic E-state index is 13.3. The Morgan fingerprint density at radius 2 is 1.81 bits per heavy atom. The van der Waals surface area contributed by atoms with Gasteiger partial charge in [-0.3, -0.25) is 13.9 Å². The first-order chi connectivity index (χ1) is 14.6. The van der Waals surface area contributed by atoms with Crippen molar-refractivity contribution in [2.45, 2.75) is 26.4 Å². The molecule has 0 aliphatic carbocycles. The van der Waals surface area contributed by atoms with Crippen LogP contribution in [-0.4, -0.2) is 58.1 Å². The highest BCUT2D eigenvalue weighted by Crippen LogP contribution is 2.29. The molecule has 0 heterocycles. The number of carbonyl (C=O) groups is 2. The summed E-state index contributed by atoms with van der Waals surface area (Å²) in [6, 6.07) is 13.4. The van der Waals surface area contributed by atoms with Crippen molar-refractivity contribution in [1.82, 2.24) is 10.2 Å². The van der Waals surface area contributed by atoms with E-state index >= 15 is 0 Å². The van der Waals surface area contributed by atoms with E-state index in [0.29, 0.717) is 5.75 Å². The van der Waals surface area contributed by atoms with Crippen LogP contribution >= 0.6 is 0 Å². The molecule has 2 aromatic carbocycles. The Bertz CT molecular complexity index is 1040. The van der Waals surface area contributed by atoms with Crippen LogP contribution in [0.25, 0.3) is 0 Å². The average Bonchev–Trinajstić information content (AvgIpc) is 2.73. The number of hydrogen-bond acceptors (Lipinski definition) is 5. The molecule has 0 saturated carbocycles. The lowest BCUT2D eigenvalue weighted by atomic mass is 10.1. The maximum Gasteiger partial charge on any atom is 0.244 e. The normalized spacial score (nSPS) is 12.0. The maximum atomic E-state index is 13.3. The van der Waals surface area contributed by atoms with Crippen molar-refractivity contribution in [3.63, 3.8) is 0 Å². The molecule has 1 atom stereocenters. The first-order valence-electron chi connectivity index (χ1n) is 9.75. The first kappa shape index (κ1) is 24.2. The van der Waals surface area contributed by atoms with Crippen molar-refractivity contribution in [2.75, 3.05) is 31.3 Å². The van der Waals surface area contributed by atoms with Gasteiger partial charge >= 0.3 is 0 Å². The third-order valence-corrected chi connectivity index (χ3v) is 6.01. The number of benzene rings is 2. The zero-order chi connectivity index (χ0) is 23.2. The number of amides is 2. The SMILES string of the molecule is CNC(=O)[C@@H](C)N(Cc1cccc(C)c1)C(=O)CN(c1ccccc1OC)S(C)(=O)=O. The summed E-state index contributed by atoms with van der Waals surface area (Å²) in [6.45, 7) is 3.25. The van der Waals surface area contributed by atoms with Gasteiger partial charge in [-0.15, -0.1) is 0 Å². The predicted octanol–water partition coefficient (Wildman–Crippen LogP) is 1.93. The van der Waals surface area contributed by atoms with Crippen LogP contribution in [0.4, 0.5) is 5.69 Å². The molecule has 2 rings (SSSR count). The topological polar surface area (TPSA) is 96.0 Å². The van der Waals surface area contributed by atoms with Gasteiger partial charge in [0.05, 0.1) is 19.1 Å². The molecule has 0 bridgehead atoms. The van der Waals surface area contributed by atoms with Crippen LogP contribution in [0.5, 0.6) is 5.75 Å². The fraction of sp³-hybridized carbons (Fsp3) is 0.364. The number of anilines is 1. The van der Waals surface area contributed by atoms with Gasteiger partial charge in [0.2, 0.25) is 21.8 Å². The van der Waals surface area contributed by atoms with E-state index in [4.69, 9.17) is 4.74 Å². The van der Waals surface area contributed by atoms with Gasteiger partial charge in [0, 0.05) is 13.6 Å². The molecule has 0 aliphatic heterocycles. The van der Waals surface area contributed by atoms with Gasteiger partial charge in [0.1, 0.15) is 18.3 Å². The Morgan fingerprint density at radius 1 is 1.13 bits per heavy atom. The second kappa shape index (κ2) is 10.3. The van der Waals surface area contributed by atoms with Crippen molar-refractivity contribution < 1.29 is 22.7 Å². The number of likely N-dealkylation sites (N-methyl/N-ethyl adjacent to an activating group) is 1. The lowest BCUT2D eigenvalue weighted by molar-refractivity contribution is -0.139. The second-order valence-electron chi connectivity index (χ2n) is 7.24. The van der Waals surface area contributed by atoms with Gasteiger partial charge in [0.15, 0.2) is 0 Å². The molecule has 0 fully saturated rings. The third kappa shape index (κ3) is 6.21. The van der Waals surface area contributed by atoms with Gasteiger partial charge in [-0.05, 0) is 31.5 Å². The second-order valence-corrected chi connectivity index (χ2v) is 9.15. The van der Waals surface area contributed by atoms with E-state index < -0.39 is 28.5 Å². The average molecular weight is 448 g/mol. The van der Waals surface area contributed by atoms with E-state index in [1.54, 1.807) is 31.2 Å². The van der Waals surface area contributed by atoms with Gasteiger partial charge in [0.25, 0.3) is 0 Å². The summed E-state index contributed by atoms with van der Waals surface area (Å²) in [6.07, 6.45) is 1.03. The first-order valence-corrected chi connectivity index (χ1v) is 11.6. The Labute approximate surface area is 183 Å². The van der Waals surface area contributed by atoms with Crippen molar-refractivity contribution in [3.8, 4) is 5.75 Å². The number of carbonyl (C=O) groups excluding carboxylic acids is 2. The number of nitrogens with zero attached hydrogens (tertiary/aromatic N) is 2. The largest absolute Gasteiger partial charge is 0.495 e. The summed E-state index contributed by atoms with van der Waals surface area (Å²) < 4.78 is 31.4. The van der Waals surface area contributed by atoms with E-state index in [2.05, 4.69) is 5.32 Å². The highest BCUT2D eigenvalue weighted by atomic mass is 32.2. The molecule has 0 aliphatic rings. The Kier molecular flexibility index (Phi) is 8.04. The number of para-hydroxylation sites is 2. The van der Waals surface area contributed by atoms with Crippen LogP contribution in [0.3, 0.4) is 0 Å². The number of sulfonamides is 1. The highest BCUT2D eigenvalue weighted by molar-refractivity contribution is 7.92. The number of ether oxygens (including phenoxy) is 1. The molecule has 0 radical (unpaired) electrons. The summed E-state index contributed by atoms with van der Waals surface area (Å²) in [5, 5.41) is 2.55.